The lowest BCUT2D eigenvalue weighted by Gasteiger charge is -2.11. The van der Waals surface area contributed by atoms with Gasteiger partial charge in [0.1, 0.15) is 5.01 Å². The van der Waals surface area contributed by atoms with E-state index in [1.54, 1.807) is 11.3 Å². The van der Waals surface area contributed by atoms with Crippen LogP contribution in [0.15, 0.2) is 42.5 Å². The van der Waals surface area contributed by atoms with Crippen molar-refractivity contribution in [1.82, 2.24) is 4.98 Å². The molecule has 20 heavy (non-hydrogen) atoms. The number of nitrogens with zero attached hydrogens (tertiary/aromatic N) is 1. The van der Waals surface area contributed by atoms with E-state index >= 15 is 0 Å². The van der Waals surface area contributed by atoms with Crippen LogP contribution in [0.5, 0.6) is 0 Å². The van der Waals surface area contributed by atoms with Crippen molar-refractivity contribution < 1.29 is 0 Å². The van der Waals surface area contributed by atoms with Crippen LogP contribution < -0.4 is 5.73 Å². The molecule has 0 aliphatic carbocycles. The van der Waals surface area contributed by atoms with Gasteiger partial charge in [0, 0.05) is 5.02 Å². The molecule has 1 aromatic heterocycles. The number of fused-ring (bicyclic) bond motifs is 1. The zero-order valence-corrected chi connectivity index (χ0v) is 12.7. The Balaban J connectivity index is 1.86. The van der Waals surface area contributed by atoms with E-state index in [9.17, 15) is 0 Å². The van der Waals surface area contributed by atoms with Gasteiger partial charge in [0.05, 0.1) is 16.3 Å². The van der Waals surface area contributed by atoms with Gasteiger partial charge in [-0.2, -0.15) is 0 Å². The van der Waals surface area contributed by atoms with Crippen LogP contribution in [0.1, 0.15) is 22.2 Å². The molecule has 1 heterocycles. The normalized spacial score (nSPS) is 12.8. The molecule has 1 atom stereocenters. The summed E-state index contributed by atoms with van der Waals surface area (Å²) >= 11 is 7.65. The van der Waals surface area contributed by atoms with Gasteiger partial charge in [0.25, 0.3) is 0 Å². The fraction of sp³-hybridized carbons (Fsp3) is 0.188. The molecule has 0 spiro atoms. The van der Waals surface area contributed by atoms with Crippen LogP contribution in [0.2, 0.25) is 5.02 Å². The largest absolute Gasteiger partial charge is 0.322 e. The zero-order chi connectivity index (χ0) is 14.1. The standard InChI is InChI=1S/C16H15ClN2S/c1-10-8-12(17)7-6-11(10)9-13(18)16-19-14-4-2-3-5-15(14)20-16/h2-8,13H,9,18H2,1H3. The summed E-state index contributed by atoms with van der Waals surface area (Å²) < 4.78 is 1.19. The highest BCUT2D eigenvalue weighted by Crippen LogP contribution is 2.28. The average molecular weight is 303 g/mol. The second kappa shape index (κ2) is 5.52. The number of hydrogen-bond donors (Lipinski definition) is 1. The van der Waals surface area contributed by atoms with Gasteiger partial charge in [0.15, 0.2) is 0 Å². The Kier molecular flexibility index (Phi) is 3.74. The van der Waals surface area contributed by atoms with Crippen molar-refractivity contribution in [3.8, 4) is 0 Å². The molecule has 0 radical (unpaired) electrons. The van der Waals surface area contributed by atoms with Crippen molar-refractivity contribution in [3.05, 3.63) is 63.6 Å². The van der Waals surface area contributed by atoms with Gasteiger partial charge in [-0.05, 0) is 48.7 Å². The predicted octanol–water partition coefficient (Wildman–Crippen LogP) is 4.50. The average Bonchev–Trinajstić information content (AvgIpc) is 2.86. The van der Waals surface area contributed by atoms with Gasteiger partial charge in [0.2, 0.25) is 0 Å². The molecule has 0 fully saturated rings. The van der Waals surface area contributed by atoms with Crippen LogP contribution in [0.4, 0.5) is 0 Å². The minimum atomic E-state index is -0.0766. The van der Waals surface area contributed by atoms with Crippen molar-refractivity contribution in [2.24, 2.45) is 5.73 Å². The lowest BCUT2D eigenvalue weighted by atomic mass is 10.0. The first-order valence-corrected chi connectivity index (χ1v) is 7.69. The summed E-state index contributed by atoms with van der Waals surface area (Å²) in [5, 5.41) is 1.75. The topological polar surface area (TPSA) is 38.9 Å². The molecule has 2 N–H and O–H groups in total. The lowest BCUT2D eigenvalue weighted by Crippen LogP contribution is -2.13. The molecule has 1 unspecified atom stereocenters. The summed E-state index contributed by atoms with van der Waals surface area (Å²) in [4.78, 5) is 4.62. The predicted molar refractivity (Wildman–Crippen MR) is 86.4 cm³/mol. The number of aryl methyl sites for hydroxylation is 1. The molecule has 0 saturated carbocycles. The molecule has 0 aliphatic rings. The van der Waals surface area contributed by atoms with E-state index in [4.69, 9.17) is 17.3 Å². The fourth-order valence-electron chi connectivity index (χ4n) is 2.26. The first kappa shape index (κ1) is 13.6. The van der Waals surface area contributed by atoms with Gasteiger partial charge in [-0.1, -0.05) is 29.8 Å². The van der Waals surface area contributed by atoms with Crippen molar-refractivity contribution in [1.29, 1.82) is 0 Å². The third-order valence-corrected chi connectivity index (χ3v) is 4.78. The Bertz CT molecular complexity index is 718. The third kappa shape index (κ3) is 2.70. The van der Waals surface area contributed by atoms with Crippen LogP contribution in [0, 0.1) is 6.92 Å². The Labute approximate surface area is 127 Å². The van der Waals surface area contributed by atoms with E-state index in [1.165, 1.54) is 15.8 Å². The SMILES string of the molecule is Cc1cc(Cl)ccc1CC(N)c1nc2ccccc2s1. The molecule has 2 nitrogen and oxygen atoms in total. The summed E-state index contributed by atoms with van der Waals surface area (Å²) in [5.41, 5.74) is 9.73. The van der Waals surface area contributed by atoms with Gasteiger partial charge < -0.3 is 5.73 Å². The maximum Gasteiger partial charge on any atom is 0.111 e. The number of nitrogens with two attached hydrogens (primary N) is 1. The molecular formula is C16H15ClN2S. The van der Waals surface area contributed by atoms with Crippen molar-refractivity contribution >= 4 is 33.2 Å². The molecule has 2 aromatic carbocycles. The highest BCUT2D eigenvalue weighted by Gasteiger charge is 2.13. The lowest BCUT2D eigenvalue weighted by molar-refractivity contribution is 0.714. The van der Waals surface area contributed by atoms with Crippen LogP contribution in [0.25, 0.3) is 10.2 Å². The molecule has 4 heteroatoms. The summed E-state index contributed by atoms with van der Waals surface area (Å²) in [6, 6.07) is 14.0. The van der Waals surface area contributed by atoms with Crippen LogP contribution in [0.3, 0.4) is 0 Å². The molecule has 3 aromatic rings. The van der Waals surface area contributed by atoms with Gasteiger partial charge in [-0.15, -0.1) is 11.3 Å². The number of aromatic nitrogens is 1. The molecule has 102 valence electrons. The molecule has 3 rings (SSSR count). The van der Waals surface area contributed by atoms with Crippen LogP contribution in [-0.4, -0.2) is 4.98 Å². The second-order valence-electron chi connectivity index (χ2n) is 4.90. The highest BCUT2D eigenvalue weighted by molar-refractivity contribution is 7.18. The van der Waals surface area contributed by atoms with E-state index in [0.717, 1.165) is 22.0 Å². The highest BCUT2D eigenvalue weighted by atomic mass is 35.5. The number of hydrogen-bond acceptors (Lipinski definition) is 3. The fourth-order valence-corrected chi connectivity index (χ4v) is 3.46. The summed E-state index contributed by atoms with van der Waals surface area (Å²) in [6.07, 6.45) is 0.781. The molecule has 0 amide bonds. The number of benzene rings is 2. The maximum atomic E-state index is 6.31. The van der Waals surface area contributed by atoms with Crippen LogP contribution in [-0.2, 0) is 6.42 Å². The Morgan fingerprint density at radius 3 is 2.80 bits per heavy atom. The van der Waals surface area contributed by atoms with Crippen molar-refractivity contribution in [2.75, 3.05) is 0 Å². The Hall–Kier alpha value is -1.42. The smallest absolute Gasteiger partial charge is 0.111 e. The van der Waals surface area contributed by atoms with E-state index in [0.29, 0.717) is 0 Å². The molecule has 0 aliphatic heterocycles. The van der Waals surface area contributed by atoms with Gasteiger partial charge >= 0.3 is 0 Å². The molecule has 0 saturated heterocycles. The first-order valence-electron chi connectivity index (χ1n) is 6.49. The van der Waals surface area contributed by atoms with Crippen molar-refractivity contribution in [2.45, 2.75) is 19.4 Å². The van der Waals surface area contributed by atoms with E-state index in [1.807, 2.05) is 36.4 Å². The second-order valence-corrected chi connectivity index (χ2v) is 6.40. The van der Waals surface area contributed by atoms with E-state index in [2.05, 4.69) is 18.0 Å². The van der Waals surface area contributed by atoms with Crippen LogP contribution >= 0.6 is 22.9 Å². The van der Waals surface area contributed by atoms with Gasteiger partial charge in [-0.3, -0.25) is 0 Å². The molecule has 0 bridgehead atoms. The Morgan fingerprint density at radius 2 is 2.05 bits per heavy atom. The monoisotopic (exact) mass is 302 g/mol. The number of rotatable bonds is 3. The zero-order valence-electron chi connectivity index (χ0n) is 11.1. The third-order valence-electron chi connectivity index (χ3n) is 3.37. The Morgan fingerprint density at radius 1 is 1.25 bits per heavy atom. The number of halogens is 1. The quantitative estimate of drug-likeness (QED) is 0.773. The van der Waals surface area contributed by atoms with Gasteiger partial charge in [-0.25, -0.2) is 4.98 Å². The summed E-state index contributed by atoms with van der Waals surface area (Å²) in [6.45, 7) is 2.06. The minimum absolute atomic E-state index is 0.0766. The number of thiazole rings is 1. The van der Waals surface area contributed by atoms with E-state index < -0.39 is 0 Å². The molecular weight excluding hydrogens is 288 g/mol. The van der Waals surface area contributed by atoms with E-state index in [-0.39, 0.29) is 6.04 Å². The summed E-state index contributed by atoms with van der Waals surface area (Å²) in [5.74, 6) is 0. The first-order chi connectivity index (χ1) is 9.63. The summed E-state index contributed by atoms with van der Waals surface area (Å²) in [7, 11) is 0. The number of para-hydroxylation sites is 1. The maximum absolute atomic E-state index is 6.31. The van der Waals surface area contributed by atoms with Crippen molar-refractivity contribution in [3.63, 3.8) is 0 Å². The minimum Gasteiger partial charge on any atom is -0.322 e.